The lowest BCUT2D eigenvalue weighted by molar-refractivity contribution is 0.422. The van der Waals surface area contributed by atoms with E-state index in [1.807, 2.05) is 34.9 Å². The van der Waals surface area contributed by atoms with Crippen LogP contribution in [0.4, 0.5) is 4.39 Å². The molecule has 0 fully saturated rings. The maximum atomic E-state index is 13.9. The Kier molecular flexibility index (Phi) is 3.61. The van der Waals surface area contributed by atoms with Crippen LogP contribution in [-0.4, -0.2) is 34.5 Å². The highest BCUT2D eigenvalue weighted by Gasteiger charge is 2.26. The third-order valence-electron chi connectivity index (χ3n) is 5.12. The summed E-state index contributed by atoms with van der Waals surface area (Å²) in [5.74, 6) is 1.17. The molecule has 0 radical (unpaired) electrons. The Morgan fingerprint density at radius 1 is 1.07 bits per heavy atom. The van der Waals surface area contributed by atoms with E-state index in [1.54, 1.807) is 17.1 Å². The van der Waals surface area contributed by atoms with Crippen LogP contribution in [0.5, 0.6) is 0 Å². The van der Waals surface area contributed by atoms with E-state index in [-0.39, 0.29) is 5.82 Å². The average molecular weight is 399 g/mol. The largest absolute Gasteiger partial charge is 0.332 e. The van der Waals surface area contributed by atoms with E-state index in [9.17, 15) is 4.39 Å². The van der Waals surface area contributed by atoms with E-state index in [1.165, 1.54) is 18.5 Å². The van der Waals surface area contributed by atoms with Crippen LogP contribution in [0.15, 0.2) is 65.7 Å². The third-order valence-corrected chi connectivity index (χ3v) is 5.12. The zero-order valence-corrected chi connectivity index (χ0v) is 15.6. The van der Waals surface area contributed by atoms with Crippen molar-refractivity contribution in [1.29, 1.82) is 0 Å². The molecule has 8 nitrogen and oxygen atoms in total. The summed E-state index contributed by atoms with van der Waals surface area (Å²) in [6.45, 7) is 0.386. The molecule has 0 amide bonds. The first-order chi connectivity index (χ1) is 14.8. The minimum atomic E-state index is -0.338. The molecule has 0 saturated carbocycles. The van der Waals surface area contributed by atoms with E-state index < -0.39 is 0 Å². The van der Waals surface area contributed by atoms with Gasteiger partial charge >= 0.3 is 0 Å². The van der Waals surface area contributed by atoms with Crippen molar-refractivity contribution in [2.75, 3.05) is 0 Å². The van der Waals surface area contributed by atoms with Crippen molar-refractivity contribution in [3.8, 4) is 28.7 Å². The van der Waals surface area contributed by atoms with Crippen LogP contribution in [-0.2, 0) is 13.0 Å². The molecular weight excluding hydrogens is 385 g/mol. The smallest absolute Gasteiger partial charge is 0.278 e. The Labute approximate surface area is 169 Å². The Morgan fingerprint density at radius 2 is 1.97 bits per heavy atom. The van der Waals surface area contributed by atoms with Gasteiger partial charge in [0.2, 0.25) is 0 Å². The number of aromatic nitrogens is 7. The second-order valence-electron chi connectivity index (χ2n) is 6.99. The number of hydrogen-bond donors (Lipinski definition) is 0. The summed E-state index contributed by atoms with van der Waals surface area (Å²) in [6, 6.07) is 14.5. The van der Waals surface area contributed by atoms with Gasteiger partial charge in [-0.05, 0) is 23.8 Å². The summed E-state index contributed by atoms with van der Waals surface area (Å²) >= 11 is 0. The molecule has 30 heavy (non-hydrogen) atoms. The fourth-order valence-electron chi connectivity index (χ4n) is 3.74. The van der Waals surface area contributed by atoms with Gasteiger partial charge in [0, 0.05) is 12.0 Å². The van der Waals surface area contributed by atoms with Gasteiger partial charge in [0.25, 0.3) is 5.89 Å². The van der Waals surface area contributed by atoms with E-state index in [0.29, 0.717) is 41.8 Å². The number of benzene rings is 2. The summed E-state index contributed by atoms with van der Waals surface area (Å²) in [6.07, 6.45) is 3.70. The van der Waals surface area contributed by atoms with Crippen LogP contribution in [0.1, 0.15) is 17.1 Å². The fourth-order valence-corrected chi connectivity index (χ4v) is 3.74. The molecule has 0 saturated heterocycles. The first-order valence-corrected chi connectivity index (χ1v) is 9.37. The Morgan fingerprint density at radius 3 is 2.87 bits per heavy atom. The summed E-state index contributed by atoms with van der Waals surface area (Å²) in [4.78, 5) is 13.4. The minimum absolute atomic E-state index is 0.335. The molecule has 0 N–H and O–H groups in total. The molecule has 3 aromatic heterocycles. The second kappa shape index (κ2) is 6.45. The first-order valence-electron chi connectivity index (χ1n) is 9.37. The fraction of sp³-hybridized carbons (Fsp3) is 0.0952. The van der Waals surface area contributed by atoms with Crippen molar-refractivity contribution in [2.45, 2.75) is 13.0 Å². The molecule has 0 aliphatic carbocycles. The van der Waals surface area contributed by atoms with Gasteiger partial charge in [0.05, 0.1) is 17.9 Å². The molecular formula is C21H14FN7O. The summed E-state index contributed by atoms with van der Waals surface area (Å²) in [5, 5.41) is 8.41. The standard InChI is InChI=1S/C21H14FN7O/c22-14-6-7-16-15(9-14)20-23-11-25-29(20)10-17-19(24-12-28(16)17)21-26-18(27-30-21)8-13-4-2-1-3-5-13/h1-7,9,11-12H,8,10H2. The molecule has 0 bridgehead atoms. The molecule has 5 aromatic rings. The van der Waals surface area contributed by atoms with Crippen molar-refractivity contribution >= 4 is 0 Å². The molecule has 0 spiro atoms. The summed E-state index contributed by atoms with van der Waals surface area (Å²) in [5.41, 5.74) is 3.88. The number of fused-ring (bicyclic) bond motifs is 5. The lowest BCUT2D eigenvalue weighted by Gasteiger charge is -2.08. The van der Waals surface area contributed by atoms with Gasteiger partial charge < -0.3 is 4.52 Å². The summed E-state index contributed by atoms with van der Waals surface area (Å²) in [7, 11) is 0. The van der Waals surface area contributed by atoms with E-state index >= 15 is 0 Å². The maximum Gasteiger partial charge on any atom is 0.278 e. The van der Waals surface area contributed by atoms with Crippen LogP contribution in [0.25, 0.3) is 28.7 Å². The van der Waals surface area contributed by atoms with Crippen molar-refractivity contribution < 1.29 is 8.91 Å². The van der Waals surface area contributed by atoms with Gasteiger partial charge in [-0.1, -0.05) is 35.5 Å². The first kappa shape index (κ1) is 16.8. The van der Waals surface area contributed by atoms with Crippen LogP contribution in [0.3, 0.4) is 0 Å². The average Bonchev–Trinajstić information content (AvgIpc) is 3.48. The quantitative estimate of drug-likeness (QED) is 0.454. The van der Waals surface area contributed by atoms with Crippen LogP contribution in [0.2, 0.25) is 0 Å². The molecule has 2 aromatic carbocycles. The summed E-state index contributed by atoms with van der Waals surface area (Å²) < 4.78 is 23.1. The van der Waals surface area contributed by atoms with Crippen LogP contribution in [0, 0.1) is 5.82 Å². The number of imidazole rings is 1. The molecule has 4 heterocycles. The lowest BCUT2D eigenvalue weighted by atomic mass is 10.1. The van der Waals surface area contributed by atoms with Crippen molar-refractivity contribution in [3.05, 3.63) is 84.1 Å². The van der Waals surface area contributed by atoms with Gasteiger partial charge in [-0.15, -0.1) is 0 Å². The predicted molar refractivity (Wildman–Crippen MR) is 104 cm³/mol. The lowest BCUT2D eigenvalue weighted by Crippen LogP contribution is -2.05. The van der Waals surface area contributed by atoms with Crippen molar-refractivity contribution in [1.82, 2.24) is 34.5 Å². The van der Waals surface area contributed by atoms with E-state index in [4.69, 9.17) is 4.52 Å². The highest BCUT2D eigenvalue weighted by atomic mass is 19.1. The highest BCUT2D eigenvalue weighted by Crippen LogP contribution is 2.34. The Hall–Kier alpha value is -4.14. The van der Waals surface area contributed by atoms with Crippen molar-refractivity contribution in [3.63, 3.8) is 0 Å². The second-order valence-corrected chi connectivity index (χ2v) is 6.99. The molecule has 6 rings (SSSR count). The molecule has 146 valence electrons. The normalized spacial score (nSPS) is 12.2. The molecule has 1 aliphatic rings. The van der Waals surface area contributed by atoms with Crippen LogP contribution >= 0.6 is 0 Å². The van der Waals surface area contributed by atoms with Gasteiger partial charge in [-0.3, -0.25) is 4.57 Å². The Bertz CT molecular complexity index is 1370. The topological polar surface area (TPSA) is 87.4 Å². The number of hydrogen-bond acceptors (Lipinski definition) is 6. The molecule has 0 unspecified atom stereocenters. The van der Waals surface area contributed by atoms with Gasteiger partial charge in [-0.25, -0.2) is 19.0 Å². The Balaban J connectivity index is 1.45. The van der Waals surface area contributed by atoms with Crippen LogP contribution < -0.4 is 0 Å². The number of rotatable bonds is 3. The molecule has 1 aliphatic heterocycles. The molecule has 9 heteroatoms. The predicted octanol–water partition coefficient (Wildman–Crippen LogP) is 3.27. The SMILES string of the molecule is Fc1ccc2c(c1)-c1ncnn1Cc1c(-c3nc(Cc4ccccc4)no3)ncn1-2. The number of halogens is 1. The number of nitrogens with zero attached hydrogens (tertiary/aromatic N) is 7. The van der Waals surface area contributed by atoms with Crippen molar-refractivity contribution in [2.24, 2.45) is 0 Å². The third kappa shape index (κ3) is 2.63. The zero-order chi connectivity index (χ0) is 20.1. The zero-order valence-electron chi connectivity index (χ0n) is 15.6. The van der Waals surface area contributed by atoms with E-state index in [0.717, 1.165) is 16.9 Å². The minimum Gasteiger partial charge on any atom is -0.332 e. The maximum absolute atomic E-state index is 13.9. The monoisotopic (exact) mass is 399 g/mol. The molecule has 0 atom stereocenters. The highest BCUT2D eigenvalue weighted by molar-refractivity contribution is 5.70. The van der Waals surface area contributed by atoms with Gasteiger partial charge in [0.1, 0.15) is 18.5 Å². The van der Waals surface area contributed by atoms with Gasteiger partial charge in [-0.2, -0.15) is 10.1 Å². The van der Waals surface area contributed by atoms with E-state index in [2.05, 4.69) is 25.2 Å². The van der Waals surface area contributed by atoms with Gasteiger partial charge in [0.15, 0.2) is 17.3 Å².